The van der Waals surface area contributed by atoms with Gasteiger partial charge in [0.1, 0.15) is 18.5 Å². The van der Waals surface area contributed by atoms with Crippen LogP contribution in [0.15, 0.2) is 24.3 Å². The monoisotopic (exact) mass is 277 g/mol. The topological polar surface area (TPSA) is 32.7 Å². The van der Waals surface area contributed by atoms with Gasteiger partial charge < -0.3 is 9.84 Å². The standard InChI is InChI=1S/C17H27NO2/c1-3-15-7-9-17(10-8-15)20-13-16(19)12-18-11-5-4-6-14(18)2/h7-10,14,16,19H,3-6,11-13H2,1-2H3/t14-,16+/m1/s1. The summed E-state index contributed by atoms with van der Waals surface area (Å²) in [7, 11) is 0. The van der Waals surface area contributed by atoms with Crippen LogP contribution in [0.25, 0.3) is 0 Å². The SMILES string of the molecule is CCc1ccc(OC[C@@H](O)CN2CCCC[C@H]2C)cc1. The number of nitrogens with zero attached hydrogens (tertiary/aromatic N) is 1. The number of benzene rings is 1. The van der Waals surface area contributed by atoms with E-state index in [1.165, 1.54) is 24.8 Å². The second-order valence-corrected chi connectivity index (χ2v) is 5.80. The van der Waals surface area contributed by atoms with E-state index in [1.54, 1.807) is 0 Å². The number of β-amino-alcohol motifs (C(OH)–C–C–N with tert-alkyl or cyclic N) is 1. The van der Waals surface area contributed by atoms with Crippen LogP contribution in [0.1, 0.15) is 38.7 Å². The van der Waals surface area contributed by atoms with Crippen molar-refractivity contribution in [3.8, 4) is 5.75 Å². The van der Waals surface area contributed by atoms with Crippen molar-refractivity contribution in [2.75, 3.05) is 19.7 Å². The van der Waals surface area contributed by atoms with E-state index < -0.39 is 6.10 Å². The Bertz CT molecular complexity index is 390. The van der Waals surface area contributed by atoms with Gasteiger partial charge in [0.05, 0.1) is 0 Å². The minimum atomic E-state index is -0.415. The molecule has 1 fully saturated rings. The minimum absolute atomic E-state index is 0.370. The summed E-state index contributed by atoms with van der Waals surface area (Å²) in [5, 5.41) is 10.1. The van der Waals surface area contributed by atoms with Gasteiger partial charge in [0.2, 0.25) is 0 Å². The largest absolute Gasteiger partial charge is 0.491 e. The fraction of sp³-hybridized carbons (Fsp3) is 0.647. The Balaban J connectivity index is 1.74. The van der Waals surface area contributed by atoms with Gasteiger partial charge in [-0.1, -0.05) is 25.5 Å². The molecule has 1 aliphatic rings. The summed E-state index contributed by atoms with van der Waals surface area (Å²) in [6.45, 7) is 6.57. The zero-order valence-electron chi connectivity index (χ0n) is 12.7. The molecular weight excluding hydrogens is 250 g/mol. The summed E-state index contributed by atoms with van der Waals surface area (Å²) in [5.74, 6) is 0.841. The third kappa shape index (κ3) is 4.50. The molecule has 0 unspecified atom stereocenters. The molecule has 1 N–H and O–H groups in total. The van der Waals surface area contributed by atoms with Gasteiger partial charge in [0.25, 0.3) is 0 Å². The van der Waals surface area contributed by atoms with Crippen molar-refractivity contribution in [2.24, 2.45) is 0 Å². The third-order valence-corrected chi connectivity index (χ3v) is 4.16. The van der Waals surface area contributed by atoms with Crippen LogP contribution in [0, 0.1) is 0 Å². The Kier molecular flexibility index (Phi) is 5.86. The molecule has 3 heteroatoms. The zero-order chi connectivity index (χ0) is 14.4. The molecular formula is C17H27NO2. The molecule has 1 saturated heterocycles. The van der Waals surface area contributed by atoms with Gasteiger partial charge in [-0.3, -0.25) is 4.90 Å². The number of rotatable bonds is 6. The maximum absolute atomic E-state index is 10.1. The average molecular weight is 277 g/mol. The first-order valence-corrected chi connectivity index (χ1v) is 7.83. The first-order valence-electron chi connectivity index (χ1n) is 7.83. The highest BCUT2D eigenvalue weighted by Crippen LogP contribution is 2.17. The van der Waals surface area contributed by atoms with E-state index in [1.807, 2.05) is 12.1 Å². The molecule has 0 amide bonds. The highest BCUT2D eigenvalue weighted by molar-refractivity contribution is 5.27. The Morgan fingerprint density at radius 1 is 1.30 bits per heavy atom. The molecule has 0 saturated carbocycles. The predicted octanol–water partition coefficient (Wildman–Crippen LogP) is 2.86. The lowest BCUT2D eigenvalue weighted by Gasteiger charge is -2.34. The summed E-state index contributed by atoms with van der Waals surface area (Å²) in [6, 6.07) is 8.70. The molecule has 1 aliphatic heterocycles. The molecule has 0 aromatic heterocycles. The van der Waals surface area contributed by atoms with Gasteiger partial charge in [0, 0.05) is 12.6 Å². The third-order valence-electron chi connectivity index (χ3n) is 4.16. The summed E-state index contributed by atoms with van der Waals surface area (Å²) in [5.41, 5.74) is 1.31. The molecule has 0 bridgehead atoms. The second-order valence-electron chi connectivity index (χ2n) is 5.80. The van der Waals surface area contributed by atoms with Crippen molar-refractivity contribution in [2.45, 2.75) is 51.7 Å². The Morgan fingerprint density at radius 3 is 2.70 bits per heavy atom. The van der Waals surface area contributed by atoms with Gasteiger partial charge in [-0.15, -0.1) is 0 Å². The van der Waals surface area contributed by atoms with Crippen LogP contribution in [-0.4, -0.2) is 41.8 Å². The van der Waals surface area contributed by atoms with Crippen molar-refractivity contribution in [3.63, 3.8) is 0 Å². The maximum Gasteiger partial charge on any atom is 0.119 e. The van der Waals surface area contributed by atoms with Crippen molar-refractivity contribution < 1.29 is 9.84 Å². The van der Waals surface area contributed by atoms with Crippen molar-refractivity contribution in [1.29, 1.82) is 0 Å². The van der Waals surface area contributed by atoms with E-state index in [0.29, 0.717) is 19.2 Å². The first kappa shape index (κ1) is 15.3. The number of ether oxygens (including phenoxy) is 1. The van der Waals surface area contributed by atoms with E-state index in [4.69, 9.17) is 4.74 Å². The van der Waals surface area contributed by atoms with E-state index in [0.717, 1.165) is 18.7 Å². The van der Waals surface area contributed by atoms with Crippen LogP contribution >= 0.6 is 0 Å². The van der Waals surface area contributed by atoms with Crippen LogP contribution in [0.4, 0.5) is 0 Å². The normalized spacial score (nSPS) is 21.6. The molecule has 0 aliphatic carbocycles. The summed E-state index contributed by atoms with van der Waals surface area (Å²) >= 11 is 0. The van der Waals surface area contributed by atoms with Crippen LogP contribution in [0.2, 0.25) is 0 Å². The van der Waals surface area contributed by atoms with Gasteiger partial charge >= 0.3 is 0 Å². The van der Waals surface area contributed by atoms with E-state index in [-0.39, 0.29) is 0 Å². The van der Waals surface area contributed by atoms with E-state index in [2.05, 4.69) is 30.9 Å². The number of likely N-dealkylation sites (tertiary alicyclic amines) is 1. The molecule has 2 rings (SSSR count). The second kappa shape index (κ2) is 7.65. The fourth-order valence-corrected chi connectivity index (χ4v) is 2.77. The summed E-state index contributed by atoms with van der Waals surface area (Å²) < 4.78 is 5.67. The van der Waals surface area contributed by atoms with Crippen molar-refractivity contribution in [1.82, 2.24) is 4.90 Å². The number of aryl methyl sites for hydroxylation is 1. The number of hydrogen-bond donors (Lipinski definition) is 1. The van der Waals surface area contributed by atoms with E-state index in [9.17, 15) is 5.11 Å². The smallest absolute Gasteiger partial charge is 0.119 e. The van der Waals surface area contributed by atoms with E-state index >= 15 is 0 Å². The first-order chi connectivity index (χ1) is 9.69. The minimum Gasteiger partial charge on any atom is -0.491 e. The molecule has 20 heavy (non-hydrogen) atoms. The quantitative estimate of drug-likeness (QED) is 0.868. The van der Waals surface area contributed by atoms with Gasteiger partial charge in [-0.2, -0.15) is 0 Å². The maximum atomic E-state index is 10.1. The lowest BCUT2D eigenvalue weighted by Crippen LogP contribution is -2.43. The average Bonchev–Trinajstić information content (AvgIpc) is 2.48. The molecule has 2 atom stereocenters. The number of aliphatic hydroxyl groups is 1. The lowest BCUT2D eigenvalue weighted by atomic mass is 10.0. The number of hydrogen-bond acceptors (Lipinski definition) is 3. The zero-order valence-corrected chi connectivity index (χ0v) is 12.7. The summed E-state index contributed by atoms with van der Waals surface area (Å²) in [4.78, 5) is 2.37. The molecule has 1 heterocycles. The van der Waals surface area contributed by atoms with Crippen LogP contribution < -0.4 is 4.74 Å². The molecule has 1 aromatic carbocycles. The summed E-state index contributed by atoms with van der Waals surface area (Å²) in [6.07, 6.45) is 4.42. The Morgan fingerprint density at radius 2 is 2.05 bits per heavy atom. The van der Waals surface area contributed by atoms with Gasteiger partial charge in [-0.05, 0) is 50.4 Å². The highest BCUT2D eigenvalue weighted by atomic mass is 16.5. The number of piperidine rings is 1. The lowest BCUT2D eigenvalue weighted by molar-refractivity contribution is 0.0438. The molecule has 0 spiro atoms. The van der Waals surface area contributed by atoms with Gasteiger partial charge in [0.15, 0.2) is 0 Å². The predicted molar refractivity (Wildman–Crippen MR) is 82.2 cm³/mol. The molecule has 1 aromatic rings. The van der Waals surface area contributed by atoms with Crippen LogP contribution in [0.5, 0.6) is 5.75 Å². The van der Waals surface area contributed by atoms with Gasteiger partial charge in [-0.25, -0.2) is 0 Å². The van der Waals surface area contributed by atoms with Crippen molar-refractivity contribution >= 4 is 0 Å². The molecule has 3 nitrogen and oxygen atoms in total. The van der Waals surface area contributed by atoms with Crippen molar-refractivity contribution in [3.05, 3.63) is 29.8 Å². The molecule has 0 radical (unpaired) electrons. The van der Waals surface area contributed by atoms with Crippen LogP contribution in [-0.2, 0) is 6.42 Å². The van der Waals surface area contributed by atoms with Crippen LogP contribution in [0.3, 0.4) is 0 Å². The highest BCUT2D eigenvalue weighted by Gasteiger charge is 2.20. The fourth-order valence-electron chi connectivity index (χ4n) is 2.77. The Hall–Kier alpha value is -1.06. The Labute approximate surface area is 122 Å². The number of aliphatic hydroxyl groups excluding tert-OH is 1. The molecule has 112 valence electrons.